The molecule has 1 aliphatic heterocycles. The van der Waals surface area contributed by atoms with Crippen LogP contribution in [0.2, 0.25) is 0 Å². The summed E-state index contributed by atoms with van der Waals surface area (Å²) in [5.74, 6) is 2.23. The SMILES string of the molecule is CC(C)CN1CCC(CNc2cccc(C#N)n2)C1. The Bertz CT molecular complexity index is 450. The van der Waals surface area contributed by atoms with Gasteiger partial charge in [0.25, 0.3) is 0 Å². The van der Waals surface area contributed by atoms with Crippen molar-refractivity contribution in [2.75, 3.05) is 31.5 Å². The number of nitriles is 1. The van der Waals surface area contributed by atoms with Crippen LogP contribution in [0.3, 0.4) is 0 Å². The largest absolute Gasteiger partial charge is 0.370 e. The van der Waals surface area contributed by atoms with Gasteiger partial charge in [-0.05, 0) is 36.9 Å². The lowest BCUT2D eigenvalue weighted by Crippen LogP contribution is -2.26. The summed E-state index contributed by atoms with van der Waals surface area (Å²) in [5.41, 5.74) is 0.470. The lowest BCUT2D eigenvalue weighted by atomic mass is 10.1. The Balaban J connectivity index is 1.79. The van der Waals surface area contributed by atoms with Crippen molar-refractivity contribution in [3.8, 4) is 6.07 Å². The summed E-state index contributed by atoms with van der Waals surface area (Å²) in [6.07, 6.45) is 1.25. The van der Waals surface area contributed by atoms with Gasteiger partial charge in [-0.25, -0.2) is 4.98 Å². The highest BCUT2D eigenvalue weighted by atomic mass is 15.2. The molecule has 1 aromatic heterocycles. The maximum absolute atomic E-state index is 8.81. The minimum Gasteiger partial charge on any atom is -0.370 e. The van der Waals surface area contributed by atoms with E-state index in [1.165, 1.54) is 26.1 Å². The van der Waals surface area contributed by atoms with Crippen LogP contribution in [0.4, 0.5) is 5.82 Å². The number of nitrogens with zero attached hydrogens (tertiary/aromatic N) is 3. The molecule has 2 heterocycles. The second-order valence-corrected chi connectivity index (χ2v) is 5.71. The molecule has 4 nitrogen and oxygen atoms in total. The number of hydrogen-bond donors (Lipinski definition) is 1. The van der Waals surface area contributed by atoms with E-state index in [1.54, 1.807) is 6.07 Å². The van der Waals surface area contributed by atoms with E-state index in [0.29, 0.717) is 11.6 Å². The summed E-state index contributed by atoms with van der Waals surface area (Å²) in [7, 11) is 0. The van der Waals surface area contributed by atoms with Crippen molar-refractivity contribution < 1.29 is 0 Å². The maximum atomic E-state index is 8.81. The molecule has 1 fully saturated rings. The van der Waals surface area contributed by atoms with Crippen LogP contribution in [-0.2, 0) is 0 Å². The zero-order chi connectivity index (χ0) is 13.7. The third kappa shape index (κ3) is 4.22. The Morgan fingerprint density at radius 3 is 3.11 bits per heavy atom. The lowest BCUT2D eigenvalue weighted by molar-refractivity contribution is 0.289. The van der Waals surface area contributed by atoms with Gasteiger partial charge in [0.05, 0.1) is 0 Å². The Labute approximate surface area is 115 Å². The van der Waals surface area contributed by atoms with E-state index < -0.39 is 0 Å². The van der Waals surface area contributed by atoms with Crippen LogP contribution in [0.15, 0.2) is 18.2 Å². The molecule has 0 bridgehead atoms. The number of hydrogen-bond acceptors (Lipinski definition) is 4. The van der Waals surface area contributed by atoms with Crippen LogP contribution in [-0.4, -0.2) is 36.1 Å². The van der Waals surface area contributed by atoms with Gasteiger partial charge in [0.15, 0.2) is 0 Å². The first-order chi connectivity index (χ1) is 9.17. The molecule has 2 rings (SSSR count). The highest BCUT2D eigenvalue weighted by Crippen LogP contribution is 2.18. The first-order valence-corrected chi connectivity index (χ1v) is 7.00. The quantitative estimate of drug-likeness (QED) is 0.880. The van der Waals surface area contributed by atoms with E-state index in [1.807, 2.05) is 12.1 Å². The van der Waals surface area contributed by atoms with E-state index in [9.17, 15) is 0 Å². The van der Waals surface area contributed by atoms with E-state index in [-0.39, 0.29) is 0 Å². The summed E-state index contributed by atoms with van der Waals surface area (Å²) in [6.45, 7) is 9.04. The van der Waals surface area contributed by atoms with E-state index >= 15 is 0 Å². The zero-order valence-electron chi connectivity index (χ0n) is 11.8. The van der Waals surface area contributed by atoms with Gasteiger partial charge in [-0.15, -0.1) is 0 Å². The Morgan fingerprint density at radius 1 is 1.53 bits per heavy atom. The van der Waals surface area contributed by atoms with Crippen molar-refractivity contribution in [1.82, 2.24) is 9.88 Å². The molecule has 0 amide bonds. The van der Waals surface area contributed by atoms with Crippen molar-refractivity contribution in [1.29, 1.82) is 5.26 Å². The first kappa shape index (κ1) is 13.8. The fourth-order valence-corrected chi connectivity index (χ4v) is 2.61. The van der Waals surface area contributed by atoms with Gasteiger partial charge in [0.2, 0.25) is 0 Å². The maximum Gasteiger partial charge on any atom is 0.142 e. The first-order valence-electron chi connectivity index (χ1n) is 7.00. The third-order valence-corrected chi connectivity index (χ3v) is 3.43. The number of aromatic nitrogens is 1. The molecule has 1 N–H and O–H groups in total. The van der Waals surface area contributed by atoms with E-state index in [0.717, 1.165) is 18.3 Å². The third-order valence-electron chi connectivity index (χ3n) is 3.43. The van der Waals surface area contributed by atoms with E-state index in [4.69, 9.17) is 5.26 Å². The van der Waals surface area contributed by atoms with E-state index in [2.05, 4.69) is 35.1 Å². The fourth-order valence-electron chi connectivity index (χ4n) is 2.61. The molecule has 0 aromatic carbocycles. The predicted molar refractivity (Wildman–Crippen MR) is 76.8 cm³/mol. The minimum atomic E-state index is 0.470. The summed E-state index contributed by atoms with van der Waals surface area (Å²) >= 11 is 0. The van der Waals surface area contributed by atoms with Crippen molar-refractivity contribution >= 4 is 5.82 Å². The highest BCUT2D eigenvalue weighted by Gasteiger charge is 2.22. The number of nitrogens with one attached hydrogen (secondary N) is 1. The molecule has 1 atom stereocenters. The second-order valence-electron chi connectivity index (χ2n) is 5.71. The standard InChI is InChI=1S/C15H22N4/c1-12(2)10-19-7-6-13(11-19)9-17-15-5-3-4-14(8-16)18-15/h3-5,12-13H,6-7,9-11H2,1-2H3,(H,17,18). The van der Waals surface area contributed by atoms with Crippen molar-refractivity contribution in [2.45, 2.75) is 20.3 Å². The molecular weight excluding hydrogens is 236 g/mol. The van der Waals surface area contributed by atoms with Gasteiger partial charge >= 0.3 is 0 Å². The fraction of sp³-hybridized carbons (Fsp3) is 0.600. The van der Waals surface area contributed by atoms with Gasteiger partial charge in [-0.2, -0.15) is 5.26 Å². The average Bonchev–Trinajstić information content (AvgIpc) is 2.83. The smallest absolute Gasteiger partial charge is 0.142 e. The molecule has 0 spiro atoms. The van der Waals surface area contributed by atoms with Crippen molar-refractivity contribution in [3.05, 3.63) is 23.9 Å². The Hall–Kier alpha value is -1.60. The second kappa shape index (κ2) is 6.53. The van der Waals surface area contributed by atoms with Gasteiger partial charge in [0, 0.05) is 19.6 Å². The molecule has 0 radical (unpaired) electrons. The Kier molecular flexibility index (Phi) is 4.75. The van der Waals surface area contributed by atoms with Gasteiger partial charge in [-0.1, -0.05) is 19.9 Å². The zero-order valence-corrected chi connectivity index (χ0v) is 11.8. The number of rotatable bonds is 5. The average molecular weight is 258 g/mol. The van der Waals surface area contributed by atoms with Crippen LogP contribution in [0.25, 0.3) is 0 Å². The van der Waals surface area contributed by atoms with Crippen LogP contribution in [0.1, 0.15) is 26.0 Å². The van der Waals surface area contributed by atoms with Crippen LogP contribution < -0.4 is 5.32 Å². The molecule has 0 saturated carbocycles. The topological polar surface area (TPSA) is 52.0 Å². The molecular formula is C15H22N4. The summed E-state index contributed by atoms with van der Waals surface area (Å²) in [5, 5.41) is 12.2. The number of pyridine rings is 1. The molecule has 1 unspecified atom stereocenters. The molecule has 1 aromatic rings. The monoisotopic (exact) mass is 258 g/mol. The summed E-state index contributed by atoms with van der Waals surface area (Å²) in [6, 6.07) is 7.58. The van der Waals surface area contributed by atoms with Crippen LogP contribution >= 0.6 is 0 Å². The minimum absolute atomic E-state index is 0.470. The van der Waals surface area contributed by atoms with Gasteiger partial charge < -0.3 is 10.2 Å². The van der Waals surface area contributed by atoms with Gasteiger partial charge in [-0.3, -0.25) is 0 Å². The normalized spacial score (nSPS) is 19.6. The number of anilines is 1. The van der Waals surface area contributed by atoms with Crippen molar-refractivity contribution in [3.63, 3.8) is 0 Å². The predicted octanol–water partition coefficient (Wildman–Crippen LogP) is 2.34. The Morgan fingerprint density at radius 2 is 2.37 bits per heavy atom. The summed E-state index contributed by atoms with van der Waals surface area (Å²) in [4.78, 5) is 6.77. The molecule has 1 saturated heterocycles. The summed E-state index contributed by atoms with van der Waals surface area (Å²) < 4.78 is 0. The van der Waals surface area contributed by atoms with Crippen LogP contribution in [0, 0.1) is 23.2 Å². The van der Waals surface area contributed by atoms with Crippen molar-refractivity contribution in [2.24, 2.45) is 11.8 Å². The lowest BCUT2D eigenvalue weighted by Gasteiger charge is -2.18. The van der Waals surface area contributed by atoms with Gasteiger partial charge in [0.1, 0.15) is 17.6 Å². The molecule has 19 heavy (non-hydrogen) atoms. The number of likely N-dealkylation sites (tertiary alicyclic amines) is 1. The molecule has 102 valence electrons. The highest BCUT2D eigenvalue weighted by molar-refractivity contribution is 5.38. The molecule has 4 heteroatoms. The van der Waals surface area contributed by atoms with Crippen LogP contribution in [0.5, 0.6) is 0 Å². The molecule has 0 aliphatic carbocycles. The molecule has 1 aliphatic rings.